The average Bonchev–Trinajstić information content (AvgIpc) is 2.15. The van der Waals surface area contributed by atoms with Crippen molar-refractivity contribution in [2.75, 3.05) is 0 Å². The van der Waals surface area contributed by atoms with Crippen LogP contribution in [0.15, 0.2) is 24.3 Å². The van der Waals surface area contributed by atoms with E-state index >= 15 is 0 Å². The van der Waals surface area contributed by atoms with Gasteiger partial charge in [0.25, 0.3) is 0 Å². The summed E-state index contributed by atoms with van der Waals surface area (Å²) < 4.78 is 0. The molecule has 0 aliphatic rings. The lowest BCUT2D eigenvalue weighted by atomic mass is 9.83. The molecule has 1 aromatic carbocycles. The van der Waals surface area contributed by atoms with Gasteiger partial charge in [-0.1, -0.05) is 44.5 Å². The third-order valence-corrected chi connectivity index (χ3v) is 2.68. The Balaban J connectivity index is 3.01. The fourth-order valence-electron chi connectivity index (χ4n) is 1.22. The van der Waals surface area contributed by atoms with E-state index in [-0.39, 0.29) is 11.2 Å². The highest BCUT2D eigenvalue weighted by Gasteiger charge is 2.29. The maximum Gasteiger partial charge on any atom is 0.181 e. The van der Waals surface area contributed by atoms with Crippen LogP contribution in [-0.4, -0.2) is 11.8 Å². The largest absolute Gasteiger partial charge is 0.321 e. The minimum atomic E-state index is -0.530. The van der Waals surface area contributed by atoms with Gasteiger partial charge in [0.1, 0.15) is 0 Å². The summed E-state index contributed by atoms with van der Waals surface area (Å²) in [5, 5.41) is 0.460. The zero-order valence-corrected chi connectivity index (χ0v) is 10.0. The lowest BCUT2D eigenvalue weighted by Crippen LogP contribution is -2.42. The maximum atomic E-state index is 12.0. The molecule has 0 heterocycles. The molecule has 1 unspecified atom stereocenters. The van der Waals surface area contributed by atoms with E-state index in [1.807, 2.05) is 20.8 Å². The molecule has 15 heavy (non-hydrogen) atoms. The second-order valence-electron chi connectivity index (χ2n) is 4.69. The van der Waals surface area contributed by atoms with Crippen LogP contribution in [0.2, 0.25) is 5.02 Å². The van der Waals surface area contributed by atoms with Crippen LogP contribution in [-0.2, 0) is 0 Å². The van der Waals surface area contributed by atoms with Crippen LogP contribution < -0.4 is 5.73 Å². The third kappa shape index (κ3) is 2.80. The van der Waals surface area contributed by atoms with Crippen LogP contribution >= 0.6 is 11.6 Å². The molecule has 0 saturated heterocycles. The Kier molecular flexibility index (Phi) is 3.53. The van der Waals surface area contributed by atoms with Crippen molar-refractivity contribution in [3.8, 4) is 0 Å². The van der Waals surface area contributed by atoms with E-state index in [0.717, 1.165) is 0 Å². The van der Waals surface area contributed by atoms with Gasteiger partial charge in [0, 0.05) is 5.56 Å². The van der Waals surface area contributed by atoms with Gasteiger partial charge in [-0.2, -0.15) is 0 Å². The van der Waals surface area contributed by atoms with Crippen LogP contribution in [0, 0.1) is 5.41 Å². The fraction of sp³-hybridized carbons (Fsp3) is 0.417. The number of carbonyl (C=O) groups is 1. The first-order valence-corrected chi connectivity index (χ1v) is 5.26. The summed E-state index contributed by atoms with van der Waals surface area (Å²) in [6.45, 7) is 5.81. The molecule has 2 N–H and O–H groups in total. The van der Waals surface area contributed by atoms with Crippen molar-refractivity contribution >= 4 is 17.4 Å². The van der Waals surface area contributed by atoms with Crippen molar-refractivity contribution in [3.63, 3.8) is 0 Å². The van der Waals surface area contributed by atoms with Crippen molar-refractivity contribution in [1.82, 2.24) is 0 Å². The molecule has 0 saturated carbocycles. The van der Waals surface area contributed by atoms with Crippen LogP contribution in [0.4, 0.5) is 0 Å². The first-order chi connectivity index (χ1) is 6.84. The van der Waals surface area contributed by atoms with Gasteiger partial charge < -0.3 is 5.73 Å². The Morgan fingerprint density at radius 1 is 1.33 bits per heavy atom. The smallest absolute Gasteiger partial charge is 0.181 e. The zero-order chi connectivity index (χ0) is 11.6. The number of nitrogens with two attached hydrogens (primary N) is 1. The molecule has 0 amide bonds. The predicted molar refractivity (Wildman–Crippen MR) is 63.2 cm³/mol. The van der Waals surface area contributed by atoms with Crippen molar-refractivity contribution < 1.29 is 4.79 Å². The van der Waals surface area contributed by atoms with E-state index in [1.54, 1.807) is 24.3 Å². The summed E-state index contributed by atoms with van der Waals surface area (Å²) in [5.41, 5.74) is 6.13. The highest BCUT2D eigenvalue weighted by Crippen LogP contribution is 2.24. The molecule has 0 aliphatic heterocycles. The van der Waals surface area contributed by atoms with Crippen LogP contribution in [0.3, 0.4) is 0 Å². The third-order valence-electron chi connectivity index (χ3n) is 2.35. The van der Waals surface area contributed by atoms with Crippen LogP contribution in [0.25, 0.3) is 0 Å². The molecule has 0 aromatic heterocycles. The summed E-state index contributed by atoms with van der Waals surface area (Å²) in [6.07, 6.45) is 0. The molecular weight excluding hydrogens is 210 g/mol. The van der Waals surface area contributed by atoms with E-state index in [2.05, 4.69) is 0 Å². The van der Waals surface area contributed by atoms with Gasteiger partial charge in [0.2, 0.25) is 0 Å². The molecule has 0 aliphatic carbocycles. The monoisotopic (exact) mass is 225 g/mol. The average molecular weight is 226 g/mol. The maximum absolute atomic E-state index is 12.0. The lowest BCUT2D eigenvalue weighted by Gasteiger charge is -2.25. The molecular formula is C12H16ClNO. The molecule has 82 valence electrons. The summed E-state index contributed by atoms with van der Waals surface area (Å²) in [4.78, 5) is 12.0. The Bertz CT molecular complexity index is 368. The van der Waals surface area contributed by atoms with E-state index in [1.165, 1.54) is 0 Å². The predicted octanol–water partition coefficient (Wildman–Crippen LogP) is 2.90. The molecule has 3 heteroatoms. The number of benzene rings is 1. The standard InChI is InChI=1S/C12H16ClNO/c1-12(2,3)11(14)10(15)8-6-4-5-7-9(8)13/h4-7,11H,14H2,1-3H3. The first-order valence-electron chi connectivity index (χ1n) is 4.88. The summed E-state index contributed by atoms with van der Waals surface area (Å²) in [6, 6.07) is 6.45. The Hall–Kier alpha value is -0.860. The number of hydrogen-bond donors (Lipinski definition) is 1. The van der Waals surface area contributed by atoms with Crippen molar-refractivity contribution in [3.05, 3.63) is 34.9 Å². The Morgan fingerprint density at radius 3 is 2.33 bits per heavy atom. The van der Waals surface area contributed by atoms with Crippen molar-refractivity contribution in [2.24, 2.45) is 11.1 Å². The molecule has 0 bridgehead atoms. The quantitative estimate of drug-likeness (QED) is 0.787. The first kappa shape index (κ1) is 12.2. The van der Waals surface area contributed by atoms with E-state index in [0.29, 0.717) is 10.6 Å². The molecule has 0 radical (unpaired) electrons. The van der Waals surface area contributed by atoms with Gasteiger partial charge in [-0.05, 0) is 17.5 Å². The number of hydrogen-bond acceptors (Lipinski definition) is 2. The normalized spacial score (nSPS) is 13.7. The number of halogens is 1. The summed E-state index contributed by atoms with van der Waals surface area (Å²) >= 11 is 5.94. The van der Waals surface area contributed by atoms with Crippen molar-refractivity contribution in [1.29, 1.82) is 0 Å². The minimum Gasteiger partial charge on any atom is -0.321 e. The summed E-state index contributed by atoms with van der Waals surface area (Å²) in [5.74, 6) is -0.104. The topological polar surface area (TPSA) is 43.1 Å². The van der Waals surface area contributed by atoms with Gasteiger partial charge in [-0.3, -0.25) is 4.79 Å². The molecule has 0 spiro atoms. The molecule has 0 fully saturated rings. The molecule has 1 aromatic rings. The molecule has 1 rings (SSSR count). The minimum absolute atomic E-state index is 0.104. The second-order valence-corrected chi connectivity index (χ2v) is 5.09. The van der Waals surface area contributed by atoms with Crippen LogP contribution in [0.1, 0.15) is 31.1 Å². The highest BCUT2D eigenvalue weighted by molar-refractivity contribution is 6.34. The van der Waals surface area contributed by atoms with E-state index < -0.39 is 6.04 Å². The van der Waals surface area contributed by atoms with E-state index in [9.17, 15) is 4.79 Å². The second kappa shape index (κ2) is 4.33. The summed E-state index contributed by atoms with van der Waals surface area (Å²) in [7, 11) is 0. The number of carbonyl (C=O) groups excluding carboxylic acids is 1. The van der Waals surface area contributed by atoms with Gasteiger partial charge >= 0.3 is 0 Å². The fourth-order valence-corrected chi connectivity index (χ4v) is 1.45. The van der Waals surface area contributed by atoms with Crippen molar-refractivity contribution in [2.45, 2.75) is 26.8 Å². The van der Waals surface area contributed by atoms with E-state index in [4.69, 9.17) is 17.3 Å². The Labute approximate surface area is 95.4 Å². The van der Waals surface area contributed by atoms with Gasteiger partial charge in [-0.25, -0.2) is 0 Å². The number of rotatable bonds is 2. The number of Topliss-reactive ketones (excluding diaryl/α,β-unsaturated/α-hetero) is 1. The zero-order valence-electron chi connectivity index (χ0n) is 9.25. The molecule has 2 nitrogen and oxygen atoms in total. The molecule has 1 atom stereocenters. The van der Waals surface area contributed by atoms with Crippen LogP contribution in [0.5, 0.6) is 0 Å². The SMILES string of the molecule is CC(C)(C)C(N)C(=O)c1ccccc1Cl. The van der Waals surface area contributed by atoms with Gasteiger partial charge in [-0.15, -0.1) is 0 Å². The van der Waals surface area contributed by atoms with Gasteiger partial charge in [0.15, 0.2) is 5.78 Å². The Morgan fingerprint density at radius 2 is 1.87 bits per heavy atom. The van der Waals surface area contributed by atoms with Gasteiger partial charge in [0.05, 0.1) is 11.1 Å². The lowest BCUT2D eigenvalue weighted by molar-refractivity contribution is 0.0901. The highest BCUT2D eigenvalue weighted by atomic mass is 35.5. The number of ketones is 1.